The molecule has 2 rings (SSSR count). The van der Waals surface area contributed by atoms with E-state index in [4.69, 9.17) is 0 Å². The maximum Gasteiger partial charge on any atom is 0.270 e. The van der Waals surface area contributed by atoms with Crippen molar-refractivity contribution in [1.29, 1.82) is 0 Å². The second kappa shape index (κ2) is 5.39. The summed E-state index contributed by atoms with van der Waals surface area (Å²) in [4.78, 5) is 15.5. The number of hydrogen-bond acceptors (Lipinski definition) is 3. The first-order valence-corrected chi connectivity index (χ1v) is 5.85. The van der Waals surface area contributed by atoms with Gasteiger partial charge in [-0.3, -0.25) is 9.78 Å². The standard InChI is InChI=1S/C12H15F2N3O/c13-12(14)3-5-16-8-10(12)17-11(18)6-9-2-1-4-15-7-9/h1-2,4,7,10,16H,3,5-6,8H2,(H,17,18). The highest BCUT2D eigenvalue weighted by molar-refractivity contribution is 5.78. The van der Waals surface area contributed by atoms with Crippen LogP contribution < -0.4 is 10.6 Å². The molecule has 1 aromatic rings. The summed E-state index contributed by atoms with van der Waals surface area (Å²) in [5, 5.41) is 5.23. The number of nitrogens with one attached hydrogen (secondary N) is 2. The molecule has 18 heavy (non-hydrogen) atoms. The largest absolute Gasteiger partial charge is 0.346 e. The lowest BCUT2D eigenvalue weighted by Crippen LogP contribution is -2.57. The van der Waals surface area contributed by atoms with Crippen LogP contribution in [0.25, 0.3) is 0 Å². The highest BCUT2D eigenvalue weighted by Crippen LogP contribution is 2.25. The van der Waals surface area contributed by atoms with Crippen LogP contribution in [0.5, 0.6) is 0 Å². The van der Waals surface area contributed by atoms with Crippen LogP contribution >= 0.6 is 0 Å². The Morgan fingerprint density at radius 3 is 3.11 bits per heavy atom. The zero-order chi connectivity index (χ0) is 13.0. The van der Waals surface area contributed by atoms with E-state index in [1.165, 1.54) is 0 Å². The average molecular weight is 255 g/mol. The van der Waals surface area contributed by atoms with Crippen LogP contribution in [0.1, 0.15) is 12.0 Å². The van der Waals surface area contributed by atoms with Crippen LogP contribution in [0.4, 0.5) is 8.78 Å². The van der Waals surface area contributed by atoms with Crippen molar-refractivity contribution in [2.24, 2.45) is 0 Å². The minimum Gasteiger partial charge on any atom is -0.346 e. The summed E-state index contributed by atoms with van der Waals surface area (Å²) < 4.78 is 27.0. The first-order chi connectivity index (χ1) is 8.58. The minimum absolute atomic E-state index is 0.0699. The fourth-order valence-corrected chi connectivity index (χ4v) is 1.92. The lowest BCUT2D eigenvalue weighted by atomic mass is 10.0. The third kappa shape index (κ3) is 3.22. The predicted octanol–water partition coefficient (Wildman–Crippen LogP) is 0.737. The Kier molecular flexibility index (Phi) is 3.86. The lowest BCUT2D eigenvalue weighted by Gasteiger charge is -2.32. The van der Waals surface area contributed by atoms with Gasteiger partial charge in [-0.1, -0.05) is 6.07 Å². The second-order valence-electron chi connectivity index (χ2n) is 4.37. The van der Waals surface area contributed by atoms with Crippen molar-refractivity contribution in [3.8, 4) is 0 Å². The maximum absolute atomic E-state index is 13.5. The number of pyridine rings is 1. The van der Waals surface area contributed by atoms with Crippen LogP contribution in [0, 0.1) is 0 Å². The predicted molar refractivity (Wildman–Crippen MR) is 62.3 cm³/mol. The van der Waals surface area contributed by atoms with Gasteiger partial charge in [0.05, 0.1) is 6.42 Å². The van der Waals surface area contributed by atoms with Gasteiger partial charge in [0.1, 0.15) is 6.04 Å². The molecule has 1 fully saturated rings. The van der Waals surface area contributed by atoms with Gasteiger partial charge >= 0.3 is 0 Å². The quantitative estimate of drug-likeness (QED) is 0.837. The number of alkyl halides is 2. The fraction of sp³-hybridized carbons (Fsp3) is 0.500. The van der Waals surface area contributed by atoms with Crippen LogP contribution in [-0.2, 0) is 11.2 Å². The van der Waals surface area contributed by atoms with Crippen molar-refractivity contribution in [2.45, 2.75) is 24.8 Å². The Balaban J connectivity index is 1.91. The van der Waals surface area contributed by atoms with E-state index >= 15 is 0 Å². The molecule has 6 heteroatoms. The summed E-state index contributed by atoms with van der Waals surface area (Å²) in [5.74, 6) is -3.24. The molecule has 1 unspecified atom stereocenters. The van der Waals surface area contributed by atoms with E-state index in [1.54, 1.807) is 24.5 Å². The van der Waals surface area contributed by atoms with Crippen LogP contribution in [0.2, 0.25) is 0 Å². The van der Waals surface area contributed by atoms with E-state index in [1.807, 2.05) is 0 Å². The third-order valence-corrected chi connectivity index (χ3v) is 2.92. The van der Waals surface area contributed by atoms with Gasteiger partial charge in [-0.15, -0.1) is 0 Å². The Morgan fingerprint density at radius 2 is 2.44 bits per heavy atom. The van der Waals surface area contributed by atoms with Gasteiger partial charge in [-0.25, -0.2) is 8.78 Å². The summed E-state index contributed by atoms with van der Waals surface area (Å²) in [6.07, 6.45) is 2.97. The normalized spacial score (nSPS) is 22.4. The highest BCUT2D eigenvalue weighted by Gasteiger charge is 2.42. The Morgan fingerprint density at radius 1 is 1.61 bits per heavy atom. The van der Waals surface area contributed by atoms with Crippen molar-refractivity contribution in [3.05, 3.63) is 30.1 Å². The Bertz CT molecular complexity index is 411. The molecule has 0 spiro atoms. The van der Waals surface area contributed by atoms with Crippen molar-refractivity contribution < 1.29 is 13.6 Å². The Hall–Kier alpha value is -1.56. The van der Waals surface area contributed by atoms with Gasteiger partial charge < -0.3 is 10.6 Å². The first-order valence-electron chi connectivity index (χ1n) is 5.85. The smallest absolute Gasteiger partial charge is 0.270 e. The molecule has 1 amide bonds. The van der Waals surface area contributed by atoms with Gasteiger partial charge in [0.2, 0.25) is 5.91 Å². The second-order valence-corrected chi connectivity index (χ2v) is 4.37. The zero-order valence-electron chi connectivity index (χ0n) is 9.83. The number of carbonyl (C=O) groups is 1. The topological polar surface area (TPSA) is 54.0 Å². The number of nitrogens with zero attached hydrogens (tertiary/aromatic N) is 1. The monoisotopic (exact) mass is 255 g/mol. The van der Waals surface area contributed by atoms with Gasteiger partial charge in [0.25, 0.3) is 5.92 Å². The first kappa shape index (κ1) is 12.9. The molecule has 0 radical (unpaired) electrons. The molecule has 2 N–H and O–H groups in total. The van der Waals surface area contributed by atoms with Gasteiger partial charge in [0, 0.05) is 31.9 Å². The molecule has 0 saturated carbocycles. The van der Waals surface area contributed by atoms with Crippen molar-refractivity contribution >= 4 is 5.91 Å². The fourth-order valence-electron chi connectivity index (χ4n) is 1.92. The molecule has 0 bridgehead atoms. The number of carbonyl (C=O) groups excluding carboxylic acids is 1. The van der Waals surface area contributed by atoms with E-state index < -0.39 is 17.9 Å². The summed E-state index contributed by atoms with van der Waals surface area (Å²) in [7, 11) is 0. The number of rotatable bonds is 3. The van der Waals surface area contributed by atoms with E-state index in [-0.39, 0.29) is 25.9 Å². The molecule has 1 aliphatic rings. The van der Waals surface area contributed by atoms with Crippen LogP contribution in [0.15, 0.2) is 24.5 Å². The molecular formula is C12H15F2N3O. The van der Waals surface area contributed by atoms with E-state index in [0.29, 0.717) is 5.56 Å². The number of hydrogen-bond donors (Lipinski definition) is 2. The highest BCUT2D eigenvalue weighted by atomic mass is 19.3. The summed E-state index contributed by atoms with van der Waals surface area (Å²) in [6.45, 7) is 0.383. The van der Waals surface area contributed by atoms with Gasteiger partial charge in [0.15, 0.2) is 0 Å². The Labute approximate surface area is 104 Å². The van der Waals surface area contributed by atoms with Crippen LogP contribution in [-0.4, -0.2) is 35.9 Å². The molecular weight excluding hydrogens is 240 g/mol. The summed E-state index contributed by atoms with van der Waals surface area (Å²) >= 11 is 0. The molecule has 1 saturated heterocycles. The molecule has 0 aliphatic carbocycles. The molecule has 2 heterocycles. The zero-order valence-corrected chi connectivity index (χ0v) is 9.83. The number of amides is 1. The lowest BCUT2D eigenvalue weighted by molar-refractivity contribution is -0.126. The van der Waals surface area contributed by atoms with Crippen LogP contribution in [0.3, 0.4) is 0 Å². The van der Waals surface area contributed by atoms with E-state index in [9.17, 15) is 13.6 Å². The molecule has 0 aromatic carbocycles. The van der Waals surface area contributed by atoms with E-state index in [0.717, 1.165) is 0 Å². The van der Waals surface area contributed by atoms with Crippen molar-refractivity contribution in [3.63, 3.8) is 0 Å². The number of piperidine rings is 1. The molecule has 1 atom stereocenters. The molecule has 1 aromatic heterocycles. The molecule has 4 nitrogen and oxygen atoms in total. The maximum atomic E-state index is 13.5. The SMILES string of the molecule is O=C(Cc1cccnc1)NC1CNCCC1(F)F. The third-order valence-electron chi connectivity index (χ3n) is 2.92. The number of aromatic nitrogens is 1. The van der Waals surface area contributed by atoms with Crippen molar-refractivity contribution in [1.82, 2.24) is 15.6 Å². The average Bonchev–Trinajstić information content (AvgIpc) is 2.33. The molecule has 98 valence electrons. The minimum atomic E-state index is -2.84. The van der Waals surface area contributed by atoms with E-state index in [2.05, 4.69) is 15.6 Å². The molecule has 1 aliphatic heterocycles. The summed E-state index contributed by atoms with van der Waals surface area (Å²) in [6, 6.07) is 2.32. The summed E-state index contributed by atoms with van der Waals surface area (Å²) in [5.41, 5.74) is 0.710. The number of halogens is 2. The van der Waals surface area contributed by atoms with Gasteiger partial charge in [-0.05, 0) is 11.6 Å². The van der Waals surface area contributed by atoms with Crippen molar-refractivity contribution in [2.75, 3.05) is 13.1 Å². The van der Waals surface area contributed by atoms with Gasteiger partial charge in [-0.2, -0.15) is 0 Å².